The van der Waals surface area contributed by atoms with Crippen LogP contribution >= 0.6 is 61.5 Å². The molecule has 250 valence electrons. The molecule has 5 aromatic rings. The van der Waals surface area contributed by atoms with Crippen LogP contribution in [0.3, 0.4) is 0 Å². The van der Waals surface area contributed by atoms with E-state index in [-0.39, 0.29) is 17.7 Å². The first-order valence-corrected chi connectivity index (χ1v) is 18.2. The minimum absolute atomic E-state index is 0.147. The standard InChI is InChI=1S/C37H29BrClIN2O6S/c1-4-47-36(44)31-32(22-8-6-5-7-9-22)41-37-42(33(31)23-12-15-28(45-2)29(17-23)46-3)35(43)30(49-37)18-24-16-25(38)19-27(40)34(24)48-20-21-10-13-26(39)14-11-21/h5-19,33H,4,20H2,1-3H3/b30-18-/t33-/m0/s1. The molecule has 0 aliphatic carbocycles. The van der Waals surface area contributed by atoms with Crippen molar-refractivity contribution in [2.45, 2.75) is 19.6 Å². The third-order valence-corrected chi connectivity index (χ3v) is 10.2. The summed E-state index contributed by atoms with van der Waals surface area (Å²) in [6.07, 6.45) is 1.80. The Bertz CT molecular complexity index is 2250. The highest BCUT2D eigenvalue weighted by Gasteiger charge is 2.35. The number of thiazole rings is 1. The molecule has 1 atom stereocenters. The van der Waals surface area contributed by atoms with E-state index in [1.807, 2.05) is 72.8 Å². The van der Waals surface area contributed by atoms with Crippen LogP contribution in [0, 0.1) is 3.57 Å². The van der Waals surface area contributed by atoms with Crippen LogP contribution in [0.1, 0.15) is 35.2 Å². The molecule has 0 amide bonds. The first-order valence-electron chi connectivity index (χ1n) is 15.1. The van der Waals surface area contributed by atoms with E-state index in [0.717, 1.165) is 13.6 Å². The lowest BCUT2D eigenvalue weighted by atomic mass is 9.93. The molecule has 12 heteroatoms. The minimum Gasteiger partial charge on any atom is -0.493 e. The molecule has 2 heterocycles. The molecule has 0 spiro atoms. The van der Waals surface area contributed by atoms with Gasteiger partial charge in [-0.3, -0.25) is 9.36 Å². The van der Waals surface area contributed by atoms with Crippen LogP contribution in [-0.2, 0) is 16.1 Å². The molecule has 0 saturated carbocycles. The zero-order chi connectivity index (χ0) is 34.7. The lowest BCUT2D eigenvalue weighted by Crippen LogP contribution is -2.40. The minimum atomic E-state index is -0.879. The Morgan fingerprint density at radius 2 is 1.76 bits per heavy atom. The number of rotatable bonds is 10. The second-order valence-corrected chi connectivity index (χ2v) is 14.3. The summed E-state index contributed by atoms with van der Waals surface area (Å²) in [5.41, 5.74) is 3.33. The van der Waals surface area contributed by atoms with Gasteiger partial charge in [-0.15, -0.1) is 0 Å². The molecule has 0 radical (unpaired) electrons. The molecule has 1 aromatic heterocycles. The quantitative estimate of drug-likeness (QED) is 0.107. The van der Waals surface area contributed by atoms with Gasteiger partial charge in [0.15, 0.2) is 16.3 Å². The van der Waals surface area contributed by atoms with Gasteiger partial charge in [0.05, 0.1) is 46.2 Å². The van der Waals surface area contributed by atoms with Crippen LogP contribution in [0.15, 0.2) is 105 Å². The van der Waals surface area contributed by atoms with E-state index in [0.29, 0.717) is 60.6 Å². The summed E-state index contributed by atoms with van der Waals surface area (Å²) in [6, 6.07) is 25.2. The maximum Gasteiger partial charge on any atom is 0.338 e. The second-order valence-electron chi connectivity index (χ2n) is 10.8. The van der Waals surface area contributed by atoms with Crippen molar-refractivity contribution in [2.75, 3.05) is 20.8 Å². The Labute approximate surface area is 313 Å². The monoisotopic (exact) mass is 870 g/mol. The lowest BCUT2D eigenvalue weighted by molar-refractivity contribution is -0.138. The third kappa shape index (κ3) is 7.35. The summed E-state index contributed by atoms with van der Waals surface area (Å²) in [7, 11) is 3.09. The summed E-state index contributed by atoms with van der Waals surface area (Å²) in [5, 5.41) is 0.644. The molecule has 6 rings (SSSR count). The number of halogens is 3. The van der Waals surface area contributed by atoms with Crippen molar-refractivity contribution in [3.63, 3.8) is 0 Å². The van der Waals surface area contributed by atoms with Crippen LogP contribution in [-0.4, -0.2) is 31.4 Å². The van der Waals surface area contributed by atoms with E-state index < -0.39 is 12.0 Å². The smallest absolute Gasteiger partial charge is 0.338 e. The molecule has 0 fully saturated rings. The maximum atomic E-state index is 14.5. The fraction of sp³-hybridized carbons (Fsp3) is 0.162. The number of fused-ring (bicyclic) bond motifs is 1. The normalized spacial score (nSPS) is 14.2. The number of hydrogen-bond donors (Lipinski definition) is 0. The predicted octanol–water partition coefficient (Wildman–Crippen LogP) is 7.55. The van der Waals surface area contributed by atoms with Gasteiger partial charge >= 0.3 is 5.97 Å². The first-order chi connectivity index (χ1) is 23.7. The summed E-state index contributed by atoms with van der Waals surface area (Å²) in [4.78, 5) is 33.7. The van der Waals surface area contributed by atoms with Crippen molar-refractivity contribution in [1.29, 1.82) is 0 Å². The highest BCUT2D eigenvalue weighted by atomic mass is 127. The van der Waals surface area contributed by atoms with Crippen LogP contribution < -0.4 is 29.1 Å². The van der Waals surface area contributed by atoms with Crippen LogP contribution in [0.5, 0.6) is 17.2 Å². The van der Waals surface area contributed by atoms with Crippen LogP contribution in [0.2, 0.25) is 5.02 Å². The van der Waals surface area contributed by atoms with Crippen molar-refractivity contribution in [3.05, 3.63) is 146 Å². The van der Waals surface area contributed by atoms with Gasteiger partial charge in [0.25, 0.3) is 5.56 Å². The van der Waals surface area contributed by atoms with Gasteiger partial charge in [-0.1, -0.05) is 87.4 Å². The van der Waals surface area contributed by atoms with E-state index in [2.05, 4.69) is 38.5 Å². The van der Waals surface area contributed by atoms with Gasteiger partial charge in [0.1, 0.15) is 12.4 Å². The number of methoxy groups -OCH3 is 2. The number of carbonyl (C=O) groups excluding carboxylic acids is 1. The number of esters is 1. The molecule has 8 nitrogen and oxygen atoms in total. The summed E-state index contributed by atoms with van der Waals surface area (Å²) in [5.74, 6) is 1.02. The molecule has 1 aliphatic heterocycles. The Balaban J connectivity index is 1.58. The van der Waals surface area contributed by atoms with Crippen molar-refractivity contribution in [1.82, 2.24) is 4.57 Å². The Kier molecular flexibility index (Phi) is 10.9. The van der Waals surface area contributed by atoms with Crippen molar-refractivity contribution in [3.8, 4) is 17.2 Å². The number of carbonyl (C=O) groups is 1. The number of ether oxygens (including phenoxy) is 4. The van der Waals surface area contributed by atoms with Crippen LogP contribution in [0.4, 0.5) is 0 Å². The van der Waals surface area contributed by atoms with E-state index in [9.17, 15) is 9.59 Å². The van der Waals surface area contributed by atoms with E-state index >= 15 is 0 Å². The van der Waals surface area contributed by atoms with Crippen molar-refractivity contribution >= 4 is 79.2 Å². The second kappa shape index (κ2) is 15.3. The molecule has 4 aromatic carbocycles. The molecular weight excluding hydrogens is 843 g/mol. The average Bonchev–Trinajstić information content (AvgIpc) is 3.41. The molecule has 0 N–H and O–H groups in total. The Morgan fingerprint density at radius 3 is 2.45 bits per heavy atom. The molecule has 0 unspecified atom stereocenters. The number of nitrogens with zero attached hydrogens (tertiary/aromatic N) is 2. The Hall–Kier alpha value is -3.91. The largest absolute Gasteiger partial charge is 0.493 e. The molecule has 0 saturated heterocycles. The Morgan fingerprint density at radius 1 is 1.02 bits per heavy atom. The molecule has 0 bridgehead atoms. The fourth-order valence-corrected chi connectivity index (χ4v) is 8.32. The number of benzene rings is 4. The highest BCUT2D eigenvalue weighted by Crippen LogP contribution is 2.39. The SMILES string of the molecule is CCOC(=O)C1=C(c2ccccc2)N=c2s/c(=C\c3cc(Br)cc(I)c3OCc3ccc(Cl)cc3)c(=O)n2[C@H]1c1ccc(OC)c(OC)c1. The van der Waals surface area contributed by atoms with Crippen molar-refractivity contribution < 1.29 is 23.7 Å². The van der Waals surface area contributed by atoms with Crippen molar-refractivity contribution in [2.24, 2.45) is 4.99 Å². The molecule has 1 aliphatic rings. The molecular formula is C37H29BrClIN2O6S. The molecule has 49 heavy (non-hydrogen) atoms. The first kappa shape index (κ1) is 34.9. The third-order valence-electron chi connectivity index (χ3n) is 7.72. The summed E-state index contributed by atoms with van der Waals surface area (Å²) >= 11 is 13.1. The van der Waals surface area contributed by atoms with E-state index in [1.165, 1.54) is 18.4 Å². The highest BCUT2D eigenvalue weighted by molar-refractivity contribution is 14.1. The summed E-state index contributed by atoms with van der Waals surface area (Å²) < 4.78 is 26.7. The van der Waals surface area contributed by atoms with Gasteiger partial charge < -0.3 is 18.9 Å². The topological polar surface area (TPSA) is 88.4 Å². The van der Waals surface area contributed by atoms with Gasteiger partial charge in [-0.25, -0.2) is 9.79 Å². The zero-order valence-corrected chi connectivity index (χ0v) is 31.9. The number of hydrogen-bond acceptors (Lipinski definition) is 8. The lowest BCUT2D eigenvalue weighted by Gasteiger charge is -2.26. The van der Waals surface area contributed by atoms with Gasteiger partial charge in [0, 0.05) is 20.6 Å². The number of aromatic nitrogens is 1. The average molecular weight is 872 g/mol. The maximum absolute atomic E-state index is 14.5. The fourth-order valence-electron chi connectivity index (χ4n) is 5.50. The van der Waals surface area contributed by atoms with Gasteiger partial charge in [0.2, 0.25) is 0 Å². The summed E-state index contributed by atoms with van der Waals surface area (Å²) in [6.45, 7) is 2.20. The van der Waals surface area contributed by atoms with E-state index in [4.69, 9.17) is 35.5 Å². The van der Waals surface area contributed by atoms with E-state index in [1.54, 1.807) is 36.8 Å². The van der Waals surface area contributed by atoms with Gasteiger partial charge in [-0.05, 0) is 83.1 Å². The van der Waals surface area contributed by atoms with Crippen LogP contribution in [0.25, 0.3) is 11.8 Å². The zero-order valence-electron chi connectivity index (χ0n) is 26.5. The van der Waals surface area contributed by atoms with Gasteiger partial charge in [-0.2, -0.15) is 0 Å². The predicted molar refractivity (Wildman–Crippen MR) is 203 cm³/mol.